The molecule has 0 bridgehead atoms. The second-order valence-electron chi connectivity index (χ2n) is 8.30. The van der Waals surface area contributed by atoms with Crippen molar-refractivity contribution in [1.82, 2.24) is 0 Å². The van der Waals surface area contributed by atoms with E-state index in [4.69, 9.17) is 0 Å². The largest absolute Gasteiger partial charge is 0.269 e. The molecule has 3 aliphatic carbocycles. The van der Waals surface area contributed by atoms with Crippen molar-refractivity contribution in [1.29, 1.82) is 0 Å². The van der Waals surface area contributed by atoms with E-state index in [9.17, 15) is 0 Å². The van der Waals surface area contributed by atoms with Crippen molar-refractivity contribution in [2.24, 2.45) is 0 Å². The number of hydrogen-bond donors (Lipinski definition) is 0. The number of rotatable bonds is 4. The normalized spacial score (nSPS) is 22.0. The van der Waals surface area contributed by atoms with E-state index in [1.54, 1.807) is 22.3 Å². The van der Waals surface area contributed by atoms with Gasteiger partial charge in [-0.1, -0.05) is 0 Å². The Morgan fingerprint density at radius 3 is 1.31 bits per heavy atom. The molecule has 4 heteroatoms. The van der Waals surface area contributed by atoms with Crippen LogP contribution in [0.3, 0.4) is 0 Å². The smallest absolute Gasteiger partial charge is 0.269 e. The maximum absolute atomic E-state index is 2.75. The van der Waals surface area contributed by atoms with Crippen LogP contribution >= 0.6 is 0 Å². The van der Waals surface area contributed by atoms with Crippen LogP contribution in [0.5, 0.6) is 0 Å². The molecule has 26 heavy (non-hydrogen) atoms. The summed E-state index contributed by atoms with van der Waals surface area (Å²) in [6.07, 6.45) is 19.5. The maximum atomic E-state index is 2.66. The molecule has 0 spiro atoms. The average Bonchev–Trinajstić information content (AvgIpc) is 3.28. The number of hydrogen-bond acceptors (Lipinski definition) is 0. The van der Waals surface area contributed by atoms with Crippen LogP contribution < -0.4 is 0 Å². The van der Waals surface area contributed by atoms with E-state index in [1.165, 1.54) is 0 Å². The van der Waals surface area contributed by atoms with Crippen LogP contribution in [0, 0.1) is 0 Å². The number of halogens is 2. The molecule has 0 unspecified atom stereocenters. The van der Waals surface area contributed by atoms with Gasteiger partial charge in [-0.05, 0) is 0 Å². The van der Waals surface area contributed by atoms with Crippen LogP contribution in [0.15, 0.2) is 70.9 Å². The molecular weight excluding hydrogens is 422 g/mol. The summed E-state index contributed by atoms with van der Waals surface area (Å²) in [4.78, 5) is 0. The van der Waals surface area contributed by atoms with Gasteiger partial charge in [0.25, 0.3) is 0 Å². The summed E-state index contributed by atoms with van der Waals surface area (Å²) in [6.45, 7) is 17.6. The summed E-state index contributed by atoms with van der Waals surface area (Å²) in [5.74, 6) is -0.843. The molecule has 0 fully saturated rings. The monoisotopic (exact) mass is 454 g/mol. The van der Waals surface area contributed by atoms with Crippen molar-refractivity contribution >= 4 is 5.92 Å². The van der Waals surface area contributed by atoms with Crippen LogP contribution in [0.1, 0.15) is 34.6 Å². The van der Waals surface area contributed by atoms with Crippen molar-refractivity contribution in [3.8, 4) is 0 Å². The van der Waals surface area contributed by atoms with Gasteiger partial charge in [0.05, 0.1) is 0 Å². The standard InChI is InChI=1S/C10H15.2C5H5.C2H7Si.2FH.Zr/c1-6-7(2)9(4)10(5)8(6)3;2*1-2-4-5-3-1;1-3-2;;;/h1-5H3;2*1-5H;3H,1-2H3;2*1H;. The van der Waals surface area contributed by atoms with Crippen LogP contribution in [0.25, 0.3) is 0 Å². The van der Waals surface area contributed by atoms with Crippen molar-refractivity contribution < 1.29 is 28.8 Å². The Hall–Kier alpha value is -0.600. The van der Waals surface area contributed by atoms with E-state index in [0.717, 1.165) is 7.25 Å². The van der Waals surface area contributed by atoms with Crippen molar-refractivity contribution in [3.05, 3.63) is 70.9 Å². The average molecular weight is 456 g/mol. The summed E-state index contributed by atoms with van der Waals surface area (Å²) in [5, 5.41) is 0. The van der Waals surface area contributed by atoms with E-state index >= 15 is 0 Å². The molecule has 0 saturated heterocycles. The molecule has 3 rings (SSSR count). The van der Waals surface area contributed by atoms with Crippen LogP contribution in [0.2, 0.25) is 23.5 Å². The fourth-order valence-corrected chi connectivity index (χ4v) is 46.4. The van der Waals surface area contributed by atoms with Crippen LogP contribution in [-0.2, 0) is 19.4 Å². The summed E-state index contributed by atoms with van der Waals surface area (Å²) < 4.78 is 1.81. The first kappa shape index (κ1) is 23.4. The Balaban J connectivity index is 0.00000169. The van der Waals surface area contributed by atoms with Crippen LogP contribution in [-0.4, -0.2) is 5.92 Å². The van der Waals surface area contributed by atoms with Gasteiger partial charge in [0.15, 0.2) is 0 Å². The Morgan fingerprint density at radius 2 is 1.04 bits per heavy atom. The molecule has 0 radical (unpaired) electrons. The molecule has 0 amide bonds. The maximum Gasteiger partial charge on any atom is -0.269 e. The molecule has 0 aromatic carbocycles. The predicted octanol–water partition coefficient (Wildman–Crippen LogP) is 7.12. The third kappa shape index (κ3) is 2.83. The fourth-order valence-electron chi connectivity index (χ4n) is 5.98. The Morgan fingerprint density at radius 1 is 0.731 bits per heavy atom. The molecule has 0 saturated carbocycles. The molecule has 0 atom stereocenters. The predicted molar refractivity (Wildman–Crippen MR) is 113 cm³/mol. The second kappa shape index (κ2) is 8.19. The minimum atomic E-state index is -2.75. The molecule has 0 aromatic rings. The zero-order valence-corrected chi connectivity index (χ0v) is 20.8. The Bertz CT molecular complexity index is 661. The molecule has 144 valence electrons. The van der Waals surface area contributed by atoms with Gasteiger partial charge in [-0.15, -0.1) is 0 Å². The van der Waals surface area contributed by atoms with Gasteiger partial charge in [0.1, 0.15) is 0 Å². The van der Waals surface area contributed by atoms with Crippen LogP contribution in [0.4, 0.5) is 9.41 Å². The number of allylic oxidation sites excluding steroid dienone is 12. The van der Waals surface area contributed by atoms with E-state index in [2.05, 4.69) is 96.3 Å². The third-order valence-electron chi connectivity index (χ3n) is 7.61. The molecule has 0 aromatic heterocycles. The molecule has 0 nitrogen and oxygen atoms in total. The molecule has 0 heterocycles. The van der Waals surface area contributed by atoms with Crippen molar-refractivity contribution in [2.75, 3.05) is 0 Å². The quantitative estimate of drug-likeness (QED) is 0.396. The first-order valence-electron chi connectivity index (χ1n) is 9.35. The van der Waals surface area contributed by atoms with Gasteiger partial charge in [-0.3, -0.25) is 9.41 Å². The summed E-state index contributed by atoms with van der Waals surface area (Å²) in [5.41, 5.74) is 6.53. The minimum Gasteiger partial charge on any atom is -0.269 e. The zero-order valence-electron chi connectivity index (χ0n) is 17.2. The van der Waals surface area contributed by atoms with E-state index in [0.29, 0.717) is 3.12 Å². The van der Waals surface area contributed by atoms with E-state index in [1.807, 2.05) is 0 Å². The van der Waals surface area contributed by atoms with Gasteiger partial charge in [0.2, 0.25) is 0 Å². The van der Waals surface area contributed by atoms with Gasteiger partial charge < -0.3 is 0 Å². The Labute approximate surface area is 163 Å². The topological polar surface area (TPSA) is 0 Å². The van der Waals surface area contributed by atoms with E-state index in [-0.39, 0.29) is 9.41 Å². The zero-order chi connectivity index (χ0) is 17.7. The second-order valence-corrected chi connectivity index (χ2v) is 35.1. The first-order valence-corrected chi connectivity index (χ1v) is 20.6. The van der Waals surface area contributed by atoms with Crippen molar-refractivity contribution in [3.63, 3.8) is 0 Å². The molecule has 3 aliphatic rings. The van der Waals surface area contributed by atoms with Gasteiger partial charge in [0, 0.05) is 0 Å². The van der Waals surface area contributed by atoms with Gasteiger partial charge in [-0.2, -0.15) is 0 Å². The minimum absolute atomic E-state index is 0. The molecular formula is C22H34F2SiZr. The Kier molecular flexibility index (Phi) is 7.38. The summed E-state index contributed by atoms with van der Waals surface area (Å²) >= 11 is -2.75. The third-order valence-corrected chi connectivity index (χ3v) is 45.0. The van der Waals surface area contributed by atoms with Crippen molar-refractivity contribution in [2.45, 2.75) is 58.1 Å². The summed E-state index contributed by atoms with van der Waals surface area (Å²) in [6, 6.07) is 0. The first-order chi connectivity index (χ1) is 11.3. The van der Waals surface area contributed by atoms with Gasteiger partial charge >= 0.3 is 154 Å². The summed E-state index contributed by atoms with van der Waals surface area (Å²) in [7, 11) is 0. The molecule has 0 N–H and O–H groups in total. The molecule has 0 aliphatic heterocycles. The fraction of sp³-hybridized carbons (Fsp3) is 0.455. The SMILES string of the molecule is CC1=C(C)[C](C)([Zr]([CH]2C=CC=C2)([CH]2C=CC=C2)[SiH](C)C)C(C)=C1C.F.F. The van der Waals surface area contributed by atoms with Gasteiger partial charge in [-0.25, -0.2) is 0 Å². The van der Waals surface area contributed by atoms with E-state index < -0.39 is 25.4 Å².